The van der Waals surface area contributed by atoms with Gasteiger partial charge in [0, 0.05) is 31.0 Å². The molecule has 0 aliphatic rings. The molecule has 0 atom stereocenters. The smallest absolute Gasteiger partial charge is 0.239 e. The summed E-state index contributed by atoms with van der Waals surface area (Å²) >= 11 is 0. The molecule has 7 heteroatoms. The van der Waals surface area contributed by atoms with Crippen molar-refractivity contribution in [2.45, 2.75) is 59.4 Å². The summed E-state index contributed by atoms with van der Waals surface area (Å²) in [6.07, 6.45) is 0.564. The lowest BCUT2D eigenvalue weighted by Gasteiger charge is -2.20. The third-order valence-electron chi connectivity index (χ3n) is 4.37. The number of carbonyl (C=O) groups is 2. The first kappa shape index (κ1) is 21.6. The van der Waals surface area contributed by atoms with Crippen molar-refractivity contribution in [3.63, 3.8) is 0 Å². The molecule has 0 bridgehead atoms. The van der Waals surface area contributed by atoms with E-state index >= 15 is 0 Å². The molecule has 7 nitrogen and oxygen atoms in total. The molecule has 0 aliphatic carbocycles. The van der Waals surface area contributed by atoms with Crippen LogP contribution in [0.2, 0.25) is 0 Å². The van der Waals surface area contributed by atoms with Crippen molar-refractivity contribution in [1.82, 2.24) is 20.4 Å². The minimum atomic E-state index is -0.157. The van der Waals surface area contributed by atoms with E-state index in [9.17, 15) is 9.59 Å². The molecule has 1 heterocycles. The third kappa shape index (κ3) is 6.18. The number of nitrogens with zero attached hydrogens (tertiary/aromatic N) is 3. The molecule has 2 aromatic rings. The SMILES string of the molecule is CCN(CC(=O)NC(C)C)C(=O)CCc1nc(-c2ccc(C(C)C)cc2)no1. The number of hydrogen-bond donors (Lipinski definition) is 1. The Hall–Kier alpha value is -2.70. The molecule has 1 N–H and O–H groups in total. The molecule has 28 heavy (non-hydrogen) atoms. The first-order valence-electron chi connectivity index (χ1n) is 9.80. The molecule has 2 amide bonds. The fourth-order valence-corrected chi connectivity index (χ4v) is 2.78. The largest absolute Gasteiger partial charge is 0.352 e. The average molecular weight is 386 g/mol. The van der Waals surface area contributed by atoms with E-state index in [1.807, 2.05) is 32.9 Å². The molecule has 152 valence electrons. The lowest BCUT2D eigenvalue weighted by molar-refractivity contribution is -0.136. The number of likely N-dealkylation sites (N-methyl/N-ethyl adjacent to an activating group) is 1. The van der Waals surface area contributed by atoms with Crippen LogP contribution in [0.4, 0.5) is 0 Å². The number of hydrogen-bond acceptors (Lipinski definition) is 5. The van der Waals surface area contributed by atoms with Crippen LogP contribution in [0.25, 0.3) is 11.4 Å². The monoisotopic (exact) mass is 386 g/mol. The van der Waals surface area contributed by atoms with Gasteiger partial charge in [-0.1, -0.05) is 43.3 Å². The van der Waals surface area contributed by atoms with E-state index in [-0.39, 0.29) is 30.8 Å². The van der Waals surface area contributed by atoms with Crippen molar-refractivity contribution >= 4 is 11.8 Å². The van der Waals surface area contributed by atoms with Gasteiger partial charge < -0.3 is 14.7 Å². The summed E-state index contributed by atoms with van der Waals surface area (Å²) < 4.78 is 5.28. The lowest BCUT2D eigenvalue weighted by atomic mass is 10.0. The number of rotatable bonds is 9. The van der Waals surface area contributed by atoms with E-state index in [1.54, 1.807) is 0 Å². The van der Waals surface area contributed by atoms with Gasteiger partial charge in [0.1, 0.15) is 0 Å². The van der Waals surface area contributed by atoms with Gasteiger partial charge >= 0.3 is 0 Å². The zero-order chi connectivity index (χ0) is 20.7. The highest BCUT2D eigenvalue weighted by Crippen LogP contribution is 2.20. The summed E-state index contributed by atoms with van der Waals surface area (Å²) in [5, 5.41) is 6.80. The first-order chi connectivity index (χ1) is 13.3. The van der Waals surface area contributed by atoms with E-state index in [1.165, 1.54) is 10.5 Å². The van der Waals surface area contributed by atoms with Gasteiger partial charge in [-0.2, -0.15) is 4.98 Å². The van der Waals surface area contributed by atoms with Crippen molar-refractivity contribution in [3.8, 4) is 11.4 Å². The minimum Gasteiger partial charge on any atom is -0.352 e. The average Bonchev–Trinajstić information content (AvgIpc) is 3.12. The molecule has 0 saturated heterocycles. The van der Waals surface area contributed by atoms with Crippen LogP contribution in [0.3, 0.4) is 0 Å². The van der Waals surface area contributed by atoms with E-state index in [4.69, 9.17) is 4.52 Å². The van der Waals surface area contributed by atoms with Crippen LogP contribution in [-0.2, 0) is 16.0 Å². The molecule has 0 unspecified atom stereocenters. The fraction of sp³-hybridized carbons (Fsp3) is 0.524. The molecule has 0 radical (unpaired) electrons. The van der Waals surface area contributed by atoms with E-state index in [2.05, 4.69) is 41.4 Å². The second kappa shape index (κ2) is 10.0. The number of nitrogens with one attached hydrogen (secondary N) is 1. The van der Waals surface area contributed by atoms with Gasteiger partial charge in [0.15, 0.2) is 0 Å². The second-order valence-corrected chi connectivity index (χ2v) is 7.42. The van der Waals surface area contributed by atoms with Crippen molar-refractivity contribution < 1.29 is 14.1 Å². The van der Waals surface area contributed by atoms with Gasteiger partial charge in [0.05, 0.1) is 6.54 Å². The number of aryl methyl sites for hydroxylation is 1. The number of amides is 2. The van der Waals surface area contributed by atoms with Crippen LogP contribution in [0, 0.1) is 0 Å². The summed E-state index contributed by atoms with van der Waals surface area (Å²) in [4.78, 5) is 30.2. The van der Waals surface area contributed by atoms with E-state index in [0.717, 1.165) is 5.56 Å². The molecule has 0 aliphatic heterocycles. The Morgan fingerprint density at radius 2 is 1.82 bits per heavy atom. The maximum Gasteiger partial charge on any atom is 0.239 e. The number of carbonyl (C=O) groups excluding carboxylic acids is 2. The summed E-state index contributed by atoms with van der Waals surface area (Å²) in [7, 11) is 0. The highest BCUT2D eigenvalue weighted by Gasteiger charge is 2.17. The number of benzene rings is 1. The molecular weight excluding hydrogens is 356 g/mol. The zero-order valence-corrected chi connectivity index (χ0v) is 17.4. The normalized spacial score (nSPS) is 11.1. The number of aromatic nitrogens is 2. The Balaban J connectivity index is 1.92. The molecule has 1 aromatic carbocycles. The highest BCUT2D eigenvalue weighted by molar-refractivity contribution is 5.84. The fourth-order valence-electron chi connectivity index (χ4n) is 2.78. The predicted octanol–water partition coefficient (Wildman–Crippen LogP) is 3.17. The standard InChI is InChI=1S/C21H30N4O3/c1-6-25(13-18(26)22-15(4)5)20(27)12-11-19-23-21(24-28-19)17-9-7-16(8-10-17)14(2)3/h7-10,14-15H,6,11-13H2,1-5H3,(H,22,26). The summed E-state index contributed by atoms with van der Waals surface area (Å²) in [5.74, 6) is 1.13. The van der Waals surface area contributed by atoms with Gasteiger partial charge in [0.25, 0.3) is 0 Å². The molecule has 0 fully saturated rings. The van der Waals surface area contributed by atoms with Crippen LogP contribution in [0.1, 0.15) is 58.4 Å². The topological polar surface area (TPSA) is 88.3 Å². The maximum absolute atomic E-state index is 12.4. The summed E-state index contributed by atoms with van der Waals surface area (Å²) in [6.45, 7) is 10.5. The van der Waals surface area contributed by atoms with Crippen LogP contribution in [-0.4, -0.2) is 46.0 Å². The van der Waals surface area contributed by atoms with Gasteiger partial charge in [-0.3, -0.25) is 9.59 Å². The van der Waals surface area contributed by atoms with Crippen molar-refractivity contribution in [2.24, 2.45) is 0 Å². The van der Waals surface area contributed by atoms with Crippen LogP contribution >= 0.6 is 0 Å². The minimum absolute atomic E-state index is 0.0488. The molecular formula is C21H30N4O3. The molecule has 0 saturated carbocycles. The third-order valence-corrected chi connectivity index (χ3v) is 4.37. The van der Waals surface area contributed by atoms with Crippen molar-refractivity contribution in [3.05, 3.63) is 35.7 Å². The first-order valence-corrected chi connectivity index (χ1v) is 9.80. The van der Waals surface area contributed by atoms with Crippen LogP contribution in [0.5, 0.6) is 0 Å². The van der Waals surface area contributed by atoms with Crippen molar-refractivity contribution in [1.29, 1.82) is 0 Å². The summed E-state index contributed by atoms with van der Waals surface area (Å²) in [6, 6.07) is 8.11. The zero-order valence-electron chi connectivity index (χ0n) is 17.4. The highest BCUT2D eigenvalue weighted by atomic mass is 16.5. The molecule has 0 spiro atoms. The van der Waals surface area contributed by atoms with Gasteiger partial charge in [-0.15, -0.1) is 0 Å². The van der Waals surface area contributed by atoms with E-state index < -0.39 is 0 Å². The quantitative estimate of drug-likeness (QED) is 0.715. The van der Waals surface area contributed by atoms with E-state index in [0.29, 0.717) is 30.6 Å². The Bertz CT molecular complexity index is 781. The van der Waals surface area contributed by atoms with Crippen LogP contribution in [0.15, 0.2) is 28.8 Å². The Morgan fingerprint density at radius 3 is 2.39 bits per heavy atom. The Kier molecular flexibility index (Phi) is 7.72. The van der Waals surface area contributed by atoms with Gasteiger partial charge in [0.2, 0.25) is 23.5 Å². The van der Waals surface area contributed by atoms with Gasteiger partial charge in [-0.05, 0) is 32.3 Å². The second-order valence-electron chi connectivity index (χ2n) is 7.42. The van der Waals surface area contributed by atoms with Crippen molar-refractivity contribution in [2.75, 3.05) is 13.1 Å². The van der Waals surface area contributed by atoms with Gasteiger partial charge in [-0.25, -0.2) is 0 Å². The lowest BCUT2D eigenvalue weighted by Crippen LogP contribution is -2.42. The predicted molar refractivity (Wildman–Crippen MR) is 108 cm³/mol. The maximum atomic E-state index is 12.4. The molecule has 2 rings (SSSR count). The Labute approximate surface area is 166 Å². The van der Waals surface area contributed by atoms with Crippen LogP contribution < -0.4 is 5.32 Å². The molecule has 1 aromatic heterocycles. The summed E-state index contributed by atoms with van der Waals surface area (Å²) in [5.41, 5.74) is 2.13. The Morgan fingerprint density at radius 1 is 1.14 bits per heavy atom.